The highest BCUT2D eigenvalue weighted by Crippen LogP contribution is 2.21. The first-order valence-electron chi connectivity index (χ1n) is 9.59. The van der Waals surface area contributed by atoms with Crippen molar-refractivity contribution in [2.24, 2.45) is 5.92 Å². The molecule has 0 bridgehead atoms. The lowest BCUT2D eigenvalue weighted by molar-refractivity contribution is -0.127. The molecule has 2 N–H and O–H groups in total. The maximum Gasteiger partial charge on any atom is 0.253 e. The highest BCUT2D eigenvalue weighted by Gasteiger charge is 2.24. The molecule has 0 aliphatic carbocycles. The van der Waals surface area contributed by atoms with Gasteiger partial charge in [0.1, 0.15) is 6.04 Å². The zero-order valence-electron chi connectivity index (χ0n) is 16.3. The van der Waals surface area contributed by atoms with E-state index < -0.39 is 11.9 Å². The Bertz CT molecular complexity index is 725. The molecule has 1 unspecified atom stereocenters. The summed E-state index contributed by atoms with van der Waals surface area (Å²) in [6.07, 6.45) is 2.71. The Labute approximate surface area is 175 Å². The van der Waals surface area contributed by atoms with E-state index in [4.69, 9.17) is 23.2 Å². The zero-order valence-corrected chi connectivity index (χ0v) is 17.8. The van der Waals surface area contributed by atoms with E-state index in [9.17, 15) is 14.4 Å². The molecule has 1 atom stereocenters. The molecule has 0 aromatic heterocycles. The van der Waals surface area contributed by atoms with E-state index in [0.717, 1.165) is 13.0 Å². The monoisotopic (exact) mass is 427 g/mol. The second-order valence-corrected chi connectivity index (χ2v) is 8.25. The van der Waals surface area contributed by atoms with Crippen LogP contribution in [0.15, 0.2) is 18.2 Å². The standard InChI is InChI=1S/C20H27Cl2N3O3/c1-13(2)11-17(24-19(27)15-7-6-14(21)12-16(15)22)20(28)23-8-4-10-25-9-3-5-18(25)26/h6-7,12-13,17H,3-5,8-11H2,1-2H3,(H,23,28)(H,24,27). The van der Waals surface area contributed by atoms with E-state index in [1.54, 1.807) is 6.07 Å². The van der Waals surface area contributed by atoms with Gasteiger partial charge in [-0.2, -0.15) is 0 Å². The molecule has 1 heterocycles. The van der Waals surface area contributed by atoms with Crippen molar-refractivity contribution >= 4 is 40.9 Å². The Morgan fingerprint density at radius 1 is 1.25 bits per heavy atom. The van der Waals surface area contributed by atoms with Crippen molar-refractivity contribution in [2.45, 2.75) is 45.6 Å². The molecular formula is C20H27Cl2N3O3. The molecule has 1 aromatic carbocycles. The van der Waals surface area contributed by atoms with Gasteiger partial charge in [0.2, 0.25) is 11.8 Å². The number of carbonyl (C=O) groups excluding carboxylic acids is 3. The summed E-state index contributed by atoms with van der Waals surface area (Å²) in [5.41, 5.74) is 0.278. The van der Waals surface area contributed by atoms with Crippen molar-refractivity contribution in [1.82, 2.24) is 15.5 Å². The number of amides is 3. The molecule has 2 rings (SSSR count). The largest absolute Gasteiger partial charge is 0.354 e. The Morgan fingerprint density at radius 2 is 2.00 bits per heavy atom. The minimum Gasteiger partial charge on any atom is -0.354 e. The molecule has 3 amide bonds. The number of carbonyl (C=O) groups is 3. The number of rotatable bonds is 9. The minimum absolute atomic E-state index is 0.177. The topological polar surface area (TPSA) is 78.5 Å². The summed E-state index contributed by atoms with van der Waals surface area (Å²) in [4.78, 5) is 38.6. The van der Waals surface area contributed by atoms with Gasteiger partial charge in [0, 0.05) is 31.1 Å². The fraction of sp³-hybridized carbons (Fsp3) is 0.550. The summed E-state index contributed by atoms with van der Waals surface area (Å²) in [5, 5.41) is 6.31. The van der Waals surface area contributed by atoms with Crippen molar-refractivity contribution in [2.75, 3.05) is 19.6 Å². The zero-order chi connectivity index (χ0) is 20.7. The van der Waals surface area contributed by atoms with Crippen LogP contribution >= 0.6 is 23.2 Å². The van der Waals surface area contributed by atoms with Gasteiger partial charge >= 0.3 is 0 Å². The van der Waals surface area contributed by atoms with E-state index in [2.05, 4.69) is 10.6 Å². The normalized spacial score (nSPS) is 15.0. The van der Waals surface area contributed by atoms with E-state index >= 15 is 0 Å². The SMILES string of the molecule is CC(C)CC(NC(=O)c1ccc(Cl)cc1Cl)C(=O)NCCCN1CCCC1=O. The molecule has 1 saturated heterocycles. The summed E-state index contributed by atoms with van der Waals surface area (Å²) in [7, 11) is 0. The Balaban J connectivity index is 1.89. The van der Waals surface area contributed by atoms with Crippen molar-refractivity contribution in [3.63, 3.8) is 0 Å². The average Bonchev–Trinajstić information content (AvgIpc) is 3.02. The van der Waals surface area contributed by atoms with Gasteiger partial charge in [-0.25, -0.2) is 0 Å². The molecule has 0 spiro atoms. The van der Waals surface area contributed by atoms with E-state index in [1.165, 1.54) is 12.1 Å². The van der Waals surface area contributed by atoms with Crippen LogP contribution in [0.1, 0.15) is 49.9 Å². The quantitative estimate of drug-likeness (QED) is 0.593. The maximum atomic E-state index is 12.6. The molecule has 6 nitrogen and oxygen atoms in total. The molecule has 1 aromatic rings. The minimum atomic E-state index is -0.660. The number of nitrogens with zero attached hydrogens (tertiary/aromatic N) is 1. The number of benzene rings is 1. The molecule has 28 heavy (non-hydrogen) atoms. The molecule has 154 valence electrons. The second kappa shape index (κ2) is 10.7. The van der Waals surface area contributed by atoms with Gasteiger partial charge in [0.05, 0.1) is 10.6 Å². The summed E-state index contributed by atoms with van der Waals surface area (Å²) in [5.74, 6) is -0.250. The second-order valence-electron chi connectivity index (χ2n) is 7.41. The van der Waals surface area contributed by atoms with Crippen LogP contribution in [0, 0.1) is 5.92 Å². The van der Waals surface area contributed by atoms with E-state index in [0.29, 0.717) is 37.4 Å². The van der Waals surface area contributed by atoms with Gasteiger partial charge in [-0.3, -0.25) is 14.4 Å². The number of halogens is 2. The first kappa shape index (κ1) is 22.5. The predicted octanol–water partition coefficient (Wildman–Crippen LogP) is 3.27. The van der Waals surface area contributed by atoms with Gasteiger partial charge in [0.15, 0.2) is 0 Å². The number of nitrogens with one attached hydrogen (secondary N) is 2. The van der Waals surface area contributed by atoms with Gasteiger partial charge in [-0.15, -0.1) is 0 Å². The highest BCUT2D eigenvalue weighted by atomic mass is 35.5. The first-order valence-corrected chi connectivity index (χ1v) is 10.3. The molecule has 1 aliphatic heterocycles. The summed E-state index contributed by atoms with van der Waals surface area (Å²) in [6.45, 7) is 5.86. The molecule has 0 saturated carbocycles. The van der Waals surface area contributed by atoms with Crippen LogP contribution in [-0.2, 0) is 9.59 Å². The van der Waals surface area contributed by atoms with Crippen LogP contribution < -0.4 is 10.6 Å². The lowest BCUT2D eigenvalue weighted by Gasteiger charge is -2.21. The fourth-order valence-electron chi connectivity index (χ4n) is 3.16. The lowest BCUT2D eigenvalue weighted by atomic mass is 10.0. The van der Waals surface area contributed by atoms with Gasteiger partial charge in [-0.1, -0.05) is 37.0 Å². The lowest BCUT2D eigenvalue weighted by Crippen LogP contribution is -2.48. The third-order valence-electron chi connectivity index (χ3n) is 4.58. The fourth-order valence-corrected chi connectivity index (χ4v) is 3.65. The van der Waals surface area contributed by atoms with Crippen molar-refractivity contribution in [1.29, 1.82) is 0 Å². The summed E-state index contributed by atoms with van der Waals surface area (Å²) < 4.78 is 0. The Kier molecular flexibility index (Phi) is 8.58. The highest BCUT2D eigenvalue weighted by molar-refractivity contribution is 6.36. The van der Waals surface area contributed by atoms with E-state index in [1.807, 2.05) is 18.7 Å². The van der Waals surface area contributed by atoms with Crippen molar-refractivity contribution in [3.05, 3.63) is 33.8 Å². The maximum absolute atomic E-state index is 12.6. The number of likely N-dealkylation sites (tertiary alicyclic amines) is 1. The van der Waals surface area contributed by atoms with Gasteiger partial charge < -0.3 is 15.5 Å². The Hall–Kier alpha value is -1.79. The smallest absolute Gasteiger partial charge is 0.253 e. The number of hydrogen-bond donors (Lipinski definition) is 2. The van der Waals surface area contributed by atoms with E-state index in [-0.39, 0.29) is 28.3 Å². The van der Waals surface area contributed by atoms with Crippen LogP contribution in [-0.4, -0.2) is 48.3 Å². The molecular weight excluding hydrogens is 401 g/mol. The Morgan fingerprint density at radius 3 is 2.61 bits per heavy atom. The van der Waals surface area contributed by atoms with Crippen LogP contribution in [0.25, 0.3) is 0 Å². The third-order valence-corrected chi connectivity index (χ3v) is 5.13. The summed E-state index contributed by atoms with van der Waals surface area (Å²) in [6, 6.07) is 3.96. The molecule has 0 radical (unpaired) electrons. The molecule has 1 fully saturated rings. The van der Waals surface area contributed by atoms with Crippen LogP contribution in [0.4, 0.5) is 0 Å². The number of hydrogen-bond acceptors (Lipinski definition) is 3. The van der Waals surface area contributed by atoms with Crippen molar-refractivity contribution in [3.8, 4) is 0 Å². The molecule has 1 aliphatic rings. The van der Waals surface area contributed by atoms with Crippen LogP contribution in [0.3, 0.4) is 0 Å². The van der Waals surface area contributed by atoms with Crippen molar-refractivity contribution < 1.29 is 14.4 Å². The molecule has 8 heteroatoms. The van der Waals surface area contributed by atoms with Crippen LogP contribution in [0.2, 0.25) is 10.0 Å². The van der Waals surface area contributed by atoms with Gasteiger partial charge in [-0.05, 0) is 43.4 Å². The summed E-state index contributed by atoms with van der Waals surface area (Å²) >= 11 is 12.0. The van der Waals surface area contributed by atoms with Crippen LogP contribution in [0.5, 0.6) is 0 Å². The first-order chi connectivity index (χ1) is 13.3. The van der Waals surface area contributed by atoms with Gasteiger partial charge in [0.25, 0.3) is 5.91 Å². The predicted molar refractivity (Wildman–Crippen MR) is 111 cm³/mol. The average molecular weight is 428 g/mol. The third kappa shape index (κ3) is 6.67.